The molecule has 0 fully saturated rings. The van der Waals surface area contributed by atoms with Crippen molar-refractivity contribution in [3.05, 3.63) is 35.4 Å². The van der Waals surface area contributed by atoms with Crippen LogP contribution in [0.1, 0.15) is 64.5 Å². The molecule has 0 aliphatic rings. The fourth-order valence-corrected chi connectivity index (χ4v) is 1.28. The number of hydrogen-bond acceptors (Lipinski definition) is 0. The van der Waals surface area contributed by atoms with E-state index in [2.05, 4.69) is 52.0 Å². The Bertz CT molecular complexity index is 223. The smallest absolute Gasteiger partial charge is 0.0219 e. The molecule has 1 rings (SSSR count). The van der Waals surface area contributed by atoms with Crippen LogP contribution in [-0.2, 0) is 0 Å². The van der Waals surface area contributed by atoms with Crippen LogP contribution in [0, 0.1) is 0 Å². The standard InChI is InChI=1S/C12H18.C2H6/c1-9(2)11-6-5-7-12(8-11)10(3)4;1-2/h5-10H,1-4H3;1-2H3. The van der Waals surface area contributed by atoms with Crippen LogP contribution in [0.25, 0.3) is 0 Å². The van der Waals surface area contributed by atoms with Gasteiger partial charge in [-0.25, -0.2) is 0 Å². The lowest BCUT2D eigenvalue weighted by atomic mass is 9.96. The fourth-order valence-electron chi connectivity index (χ4n) is 1.28. The van der Waals surface area contributed by atoms with E-state index in [1.807, 2.05) is 13.8 Å². The van der Waals surface area contributed by atoms with Gasteiger partial charge in [0.25, 0.3) is 0 Å². The highest BCUT2D eigenvalue weighted by Gasteiger charge is 2.02. The largest absolute Gasteiger partial charge is 0.0683 e. The summed E-state index contributed by atoms with van der Waals surface area (Å²) in [6, 6.07) is 8.88. The molecule has 0 aromatic heterocycles. The molecule has 0 saturated carbocycles. The second kappa shape index (κ2) is 6.64. The van der Waals surface area contributed by atoms with Gasteiger partial charge in [-0.1, -0.05) is 65.8 Å². The van der Waals surface area contributed by atoms with Gasteiger partial charge < -0.3 is 0 Å². The molecule has 14 heavy (non-hydrogen) atoms. The molecule has 0 radical (unpaired) electrons. The molecule has 0 nitrogen and oxygen atoms in total. The van der Waals surface area contributed by atoms with Gasteiger partial charge in [0.1, 0.15) is 0 Å². The summed E-state index contributed by atoms with van der Waals surface area (Å²) in [4.78, 5) is 0. The Kier molecular flexibility index (Phi) is 6.27. The fraction of sp³-hybridized carbons (Fsp3) is 0.571. The van der Waals surface area contributed by atoms with Crippen LogP contribution in [0.4, 0.5) is 0 Å². The molecular formula is C14H24. The van der Waals surface area contributed by atoms with Gasteiger partial charge >= 0.3 is 0 Å². The summed E-state index contributed by atoms with van der Waals surface area (Å²) >= 11 is 0. The van der Waals surface area contributed by atoms with Crippen molar-refractivity contribution in [1.29, 1.82) is 0 Å². The van der Waals surface area contributed by atoms with E-state index in [0.29, 0.717) is 11.8 Å². The Labute approximate surface area is 89.4 Å². The number of hydrogen-bond donors (Lipinski definition) is 0. The zero-order valence-corrected chi connectivity index (χ0v) is 10.5. The van der Waals surface area contributed by atoms with Crippen LogP contribution >= 0.6 is 0 Å². The zero-order chi connectivity index (χ0) is 11.1. The topological polar surface area (TPSA) is 0 Å². The molecule has 0 heterocycles. The molecule has 0 saturated heterocycles. The maximum Gasteiger partial charge on any atom is -0.0219 e. The summed E-state index contributed by atoms with van der Waals surface area (Å²) in [6.07, 6.45) is 0. The summed E-state index contributed by atoms with van der Waals surface area (Å²) in [5, 5.41) is 0. The Hall–Kier alpha value is -0.780. The van der Waals surface area contributed by atoms with E-state index in [1.54, 1.807) is 0 Å². The van der Waals surface area contributed by atoms with Gasteiger partial charge in [0, 0.05) is 0 Å². The van der Waals surface area contributed by atoms with Crippen LogP contribution in [0.3, 0.4) is 0 Å². The van der Waals surface area contributed by atoms with Gasteiger partial charge in [-0.2, -0.15) is 0 Å². The summed E-state index contributed by atoms with van der Waals surface area (Å²) in [5.74, 6) is 1.28. The normalized spacial score (nSPS) is 10.0. The van der Waals surface area contributed by atoms with E-state index < -0.39 is 0 Å². The van der Waals surface area contributed by atoms with E-state index in [9.17, 15) is 0 Å². The van der Waals surface area contributed by atoms with E-state index in [4.69, 9.17) is 0 Å². The maximum atomic E-state index is 2.31. The molecule has 1 aromatic carbocycles. The monoisotopic (exact) mass is 192 g/mol. The minimum absolute atomic E-state index is 0.642. The molecule has 0 heteroatoms. The van der Waals surface area contributed by atoms with Gasteiger partial charge in [-0.05, 0) is 23.0 Å². The highest BCUT2D eigenvalue weighted by atomic mass is 14.1. The summed E-state index contributed by atoms with van der Waals surface area (Å²) in [5.41, 5.74) is 2.89. The van der Waals surface area contributed by atoms with Crippen molar-refractivity contribution in [3.8, 4) is 0 Å². The molecule has 0 aliphatic carbocycles. The van der Waals surface area contributed by atoms with E-state index in [-0.39, 0.29) is 0 Å². The van der Waals surface area contributed by atoms with Crippen LogP contribution < -0.4 is 0 Å². The first-order chi connectivity index (χ1) is 6.61. The SMILES string of the molecule is CC.CC(C)c1cccc(C(C)C)c1. The molecule has 0 amide bonds. The van der Waals surface area contributed by atoms with Crippen molar-refractivity contribution in [3.63, 3.8) is 0 Å². The highest BCUT2D eigenvalue weighted by molar-refractivity contribution is 5.27. The van der Waals surface area contributed by atoms with E-state index in [0.717, 1.165) is 0 Å². The van der Waals surface area contributed by atoms with Crippen molar-refractivity contribution >= 4 is 0 Å². The summed E-state index contributed by atoms with van der Waals surface area (Å²) in [6.45, 7) is 12.9. The lowest BCUT2D eigenvalue weighted by Crippen LogP contribution is -1.91. The number of benzene rings is 1. The molecule has 0 N–H and O–H groups in total. The minimum atomic E-state index is 0.642. The van der Waals surface area contributed by atoms with Crippen LogP contribution in [-0.4, -0.2) is 0 Å². The molecule has 80 valence electrons. The molecule has 0 aliphatic heterocycles. The predicted octanol–water partition coefficient (Wildman–Crippen LogP) is 4.96. The van der Waals surface area contributed by atoms with Gasteiger partial charge in [0.05, 0.1) is 0 Å². The van der Waals surface area contributed by atoms with E-state index >= 15 is 0 Å². The van der Waals surface area contributed by atoms with Crippen LogP contribution in [0.15, 0.2) is 24.3 Å². The highest BCUT2D eigenvalue weighted by Crippen LogP contribution is 2.20. The first-order valence-electron chi connectivity index (χ1n) is 5.71. The Balaban J connectivity index is 0.000000791. The average Bonchev–Trinajstić information content (AvgIpc) is 2.21. The van der Waals surface area contributed by atoms with Crippen LogP contribution in [0.5, 0.6) is 0 Å². The van der Waals surface area contributed by atoms with Crippen molar-refractivity contribution in [1.82, 2.24) is 0 Å². The first-order valence-corrected chi connectivity index (χ1v) is 5.71. The third-order valence-corrected chi connectivity index (χ3v) is 2.24. The quantitative estimate of drug-likeness (QED) is 0.621. The third-order valence-electron chi connectivity index (χ3n) is 2.24. The van der Waals surface area contributed by atoms with Crippen molar-refractivity contribution in [2.75, 3.05) is 0 Å². The summed E-state index contributed by atoms with van der Waals surface area (Å²) < 4.78 is 0. The minimum Gasteiger partial charge on any atom is -0.0683 e. The second-order valence-electron chi connectivity index (χ2n) is 3.98. The second-order valence-corrected chi connectivity index (χ2v) is 3.98. The van der Waals surface area contributed by atoms with Crippen molar-refractivity contribution in [2.45, 2.75) is 53.4 Å². The van der Waals surface area contributed by atoms with Gasteiger partial charge in [0.15, 0.2) is 0 Å². The zero-order valence-electron chi connectivity index (χ0n) is 10.5. The maximum absolute atomic E-state index is 2.31. The van der Waals surface area contributed by atoms with Gasteiger partial charge in [-0.15, -0.1) is 0 Å². The number of rotatable bonds is 2. The van der Waals surface area contributed by atoms with Gasteiger partial charge in [0.2, 0.25) is 0 Å². The summed E-state index contributed by atoms with van der Waals surface area (Å²) in [7, 11) is 0. The molecule has 0 unspecified atom stereocenters. The molecular weight excluding hydrogens is 168 g/mol. The Morgan fingerprint density at radius 3 is 1.43 bits per heavy atom. The lowest BCUT2D eigenvalue weighted by molar-refractivity contribution is 0.834. The van der Waals surface area contributed by atoms with Crippen LogP contribution in [0.2, 0.25) is 0 Å². The van der Waals surface area contributed by atoms with Gasteiger partial charge in [-0.3, -0.25) is 0 Å². The van der Waals surface area contributed by atoms with Crippen molar-refractivity contribution < 1.29 is 0 Å². The molecule has 0 bridgehead atoms. The lowest BCUT2D eigenvalue weighted by Gasteiger charge is -2.09. The predicted molar refractivity (Wildman–Crippen MR) is 66.0 cm³/mol. The Morgan fingerprint density at radius 2 is 1.14 bits per heavy atom. The Morgan fingerprint density at radius 1 is 0.786 bits per heavy atom. The molecule has 0 atom stereocenters. The molecule has 1 aromatic rings. The average molecular weight is 192 g/mol. The third kappa shape index (κ3) is 3.95. The molecule has 0 spiro atoms. The first kappa shape index (κ1) is 13.2. The van der Waals surface area contributed by atoms with Crippen molar-refractivity contribution in [2.24, 2.45) is 0 Å². The van der Waals surface area contributed by atoms with E-state index in [1.165, 1.54) is 11.1 Å².